The van der Waals surface area contributed by atoms with Gasteiger partial charge in [-0.25, -0.2) is 4.98 Å². The molecule has 0 unspecified atom stereocenters. The molecule has 2 saturated heterocycles. The molecule has 2 aliphatic heterocycles. The molecule has 2 aromatic rings. The minimum Gasteiger partial charge on any atom is -0.378 e. The fourth-order valence-corrected chi connectivity index (χ4v) is 4.11. The number of nitrogens with zero attached hydrogens (tertiary/aromatic N) is 3. The molecule has 1 aromatic carbocycles. The second-order valence-electron chi connectivity index (χ2n) is 7.76. The first-order chi connectivity index (χ1) is 13.8. The molecule has 1 amide bonds. The zero-order valence-electron chi connectivity index (χ0n) is 16.4. The number of anilines is 1. The molecule has 0 radical (unpaired) electrons. The zero-order chi connectivity index (χ0) is 19.2. The molecular weight excluding hydrogens is 350 g/mol. The number of pyridine rings is 1. The largest absolute Gasteiger partial charge is 0.378 e. The van der Waals surface area contributed by atoms with Crippen molar-refractivity contribution in [2.75, 3.05) is 44.3 Å². The van der Waals surface area contributed by atoms with Crippen molar-refractivity contribution in [2.45, 2.75) is 25.7 Å². The lowest BCUT2D eigenvalue weighted by molar-refractivity contribution is 0.0686. The number of piperidine rings is 1. The predicted octanol–water partition coefficient (Wildman–Crippen LogP) is 3.40. The summed E-state index contributed by atoms with van der Waals surface area (Å²) in [6.45, 7) is 4.89. The van der Waals surface area contributed by atoms with Crippen LogP contribution in [-0.2, 0) is 11.2 Å². The molecule has 3 heterocycles. The van der Waals surface area contributed by atoms with Gasteiger partial charge in [-0.2, -0.15) is 0 Å². The number of carbonyl (C=O) groups excluding carboxylic acids is 1. The number of aryl methyl sites for hydroxylation is 1. The Hall–Kier alpha value is -2.40. The number of aromatic nitrogens is 1. The third-order valence-electron chi connectivity index (χ3n) is 5.92. The van der Waals surface area contributed by atoms with E-state index in [1.54, 1.807) is 6.20 Å². The summed E-state index contributed by atoms with van der Waals surface area (Å²) in [7, 11) is 0. The van der Waals surface area contributed by atoms with Crippen LogP contribution in [0.2, 0.25) is 0 Å². The van der Waals surface area contributed by atoms with Crippen molar-refractivity contribution >= 4 is 11.7 Å². The fraction of sp³-hybridized carbons (Fsp3) is 0.478. The smallest absolute Gasteiger partial charge is 0.255 e. The van der Waals surface area contributed by atoms with Gasteiger partial charge >= 0.3 is 0 Å². The first-order valence-electron chi connectivity index (χ1n) is 10.4. The third-order valence-corrected chi connectivity index (χ3v) is 5.92. The van der Waals surface area contributed by atoms with Crippen molar-refractivity contribution in [3.05, 3.63) is 59.8 Å². The topological polar surface area (TPSA) is 45.7 Å². The number of benzene rings is 1. The quantitative estimate of drug-likeness (QED) is 0.799. The average molecular weight is 380 g/mol. The summed E-state index contributed by atoms with van der Waals surface area (Å²) in [5.41, 5.74) is 2.10. The third kappa shape index (κ3) is 4.71. The number of ether oxygens (including phenoxy) is 1. The minimum atomic E-state index is 0.113. The van der Waals surface area contributed by atoms with Crippen molar-refractivity contribution in [3.63, 3.8) is 0 Å². The van der Waals surface area contributed by atoms with Crippen LogP contribution in [0.3, 0.4) is 0 Å². The Balaban J connectivity index is 1.26. The molecule has 2 fully saturated rings. The maximum atomic E-state index is 12.8. The fourth-order valence-electron chi connectivity index (χ4n) is 4.11. The van der Waals surface area contributed by atoms with E-state index in [4.69, 9.17) is 4.74 Å². The van der Waals surface area contributed by atoms with Gasteiger partial charge in [-0.1, -0.05) is 30.3 Å². The van der Waals surface area contributed by atoms with Gasteiger partial charge < -0.3 is 14.5 Å². The highest BCUT2D eigenvalue weighted by atomic mass is 16.5. The van der Waals surface area contributed by atoms with E-state index in [9.17, 15) is 4.79 Å². The first kappa shape index (κ1) is 18.9. The summed E-state index contributed by atoms with van der Waals surface area (Å²) in [6, 6.07) is 14.6. The van der Waals surface area contributed by atoms with Gasteiger partial charge in [0.15, 0.2) is 0 Å². The van der Waals surface area contributed by atoms with Crippen LogP contribution in [-0.4, -0.2) is 55.2 Å². The van der Waals surface area contributed by atoms with E-state index in [0.29, 0.717) is 11.5 Å². The van der Waals surface area contributed by atoms with Crippen LogP contribution >= 0.6 is 0 Å². The molecule has 0 N–H and O–H groups in total. The Labute approximate surface area is 167 Å². The van der Waals surface area contributed by atoms with Gasteiger partial charge in [0.2, 0.25) is 0 Å². The van der Waals surface area contributed by atoms with Gasteiger partial charge in [0, 0.05) is 32.4 Å². The van der Waals surface area contributed by atoms with Crippen LogP contribution in [0.1, 0.15) is 35.2 Å². The SMILES string of the molecule is O=C(c1ccc(N2CCOCC2)nc1)N1CCC(CCc2ccccc2)CC1. The van der Waals surface area contributed by atoms with Gasteiger partial charge in [0.25, 0.3) is 5.91 Å². The van der Waals surface area contributed by atoms with Gasteiger partial charge in [-0.3, -0.25) is 4.79 Å². The normalized spacial score (nSPS) is 18.3. The lowest BCUT2D eigenvalue weighted by Gasteiger charge is -2.32. The monoisotopic (exact) mass is 379 g/mol. The van der Waals surface area contributed by atoms with Crippen LogP contribution < -0.4 is 4.90 Å². The highest BCUT2D eigenvalue weighted by Crippen LogP contribution is 2.24. The summed E-state index contributed by atoms with van der Waals surface area (Å²) in [5, 5.41) is 0. The molecule has 4 rings (SSSR count). The Morgan fingerprint density at radius 2 is 1.75 bits per heavy atom. The molecule has 0 spiro atoms. The number of hydrogen-bond acceptors (Lipinski definition) is 4. The molecule has 5 heteroatoms. The zero-order valence-corrected chi connectivity index (χ0v) is 16.4. The Bertz CT molecular complexity index is 749. The summed E-state index contributed by atoms with van der Waals surface area (Å²) >= 11 is 0. The summed E-state index contributed by atoms with van der Waals surface area (Å²) in [6.07, 6.45) is 6.26. The average Bonchev–Trinajstić information content (AvgIpc) is 2.79. The van der Waals surface area contributed by atoms with Gasteiger partial charge in [-0.05, 0) is 49.3 Å². The van der Waals surface area contributed by atoms with Crippen molar-refractivity contribution in [2.24, 2.45) is 5.92 Å². The van der Waals surface area contributed by atoms with E-state index in [2.05, 4.69) is 40.2 Å². The molecule has 0 aliphatic carbocycles. The highest BCUT2D eigenvalue weighted by Gasteiger charge is 2.24. The van der Waals surface area contributed by atoms with Crippen molar-refractivity contribution in [1.82, 2.24) is 9.88 Å². The molecule has 5 nitrogen and oxygen atoms in total. The van der Waals surface area contributed by atoms with E-state index in [1.165, 1.54) is 12.0 Å². The molecule has 2 aliphatic rings. The van der Waals surface area contributed by atoms with Crippen molar-refractivity contribution in [3.8, 4) is 0 Å². The minimum absolute atomic E-state index is 0.113. The lowest BCUT2D eigenvalue weighted by atomic mass is 9.90. The van der Waals surface area contributed by atoms with E-state index in [1.807, 2.05) is 17.0 Å². The van der Waals surface area contributed by atoms with Gasteiger partial charge in [-0.15, -0.1) is 0 Å². The molecule has 0 saturated carbocycles. The molecule has 0 atom stereocenters. The number of rotatable bonds is 5. The Kier molecular flexibility index (Phi) is 6.22. The van der Waals surface area contributed by atoms with Crippen LogP contribution in [0.4, 0.5) is 5.82 Å². The van der Waals surface area contributed by atoms with Crippen LogP contribution in [0.5, 0.6) is 0 Å². The molecule has 148 valence electrons. The van der Waals surface area contributed by atoms with Crippen molar-refractivity contribution < 1.29 is 9.53 Å². The number of morpholine rings is 1. The molecule has 1 aromatic heterocycles. The van der Waals surface area contributed by atoms with E-state index < -0.39 is 0 Å². The van der Waals surface area contributed by atoms with Gasteiger partial charge in [0.1, 0.15) is 5.82 Å². The molecule has 28 heavy (non-hydrogen) atoms. The predicted molar refractivity (Wildman–Crippen MR) is 111 cm³/mol. The van der Waals surface area contributed by atoms with E-state index in [-0.39, 0.29) is 5.91 Å². The number of carbonyl (C=O) groups is 1. The van der Waals surface area contributed by atoms with E-state index in [0.717, 1.165) is 64.5 Å². The number of hydrogen-bond donors (Lipinski definition) is 0. The summed E-state index contributed by atoms with van der Waals surface area (Å²) < 4.78 is 5.38. The number of amides is 1. The Morgan fingerprint density at radius 3 is 2.43 bits per heavy atom. The van der Waals surface area contributed by atoms with Crippen molar-refractivity contribution in [1.29, 1.82) is 0 Å². The lowest BCUT2D eigenvalue weighted by Crippen LogP contribution is -2.39. The summed E-state index contributed by atoms with van der Waals surface area (Å²) in [4.78, 5) is 21.5. The highest BCUT2D eigenvalue weighted by molar-refractivity contribution is 5.94. The maximum absolute atomic E-state index is 12.8. The van der Waals surface area contributed by atoms with Crippen LogP contribution in [0.15, 0.2) is 48.7 Å². The summed E-state index contributed by atoms with van der Waals surface area (Å²) in [5.74, 6) is 1.76. The second-order valence-corrected chi connectivity index (χ2v) is 7.76. The Morgan fingerprint density at radius 1 is 1.00 bits per heavy atom. The first-order valence-corrected chi connectivity index (χ1v) is 10.4. The van der Waals surface area contributed by atoms with Crippen LogP contribution in [0.25, 0.3) is 0 Å². The van der Waals surface area contributed by atoms with Gasteiger partial charge in [0.05, 0.1) is 18.8 Å². The number of likely N-dealkylation sites (tertiary alicyclic amines) is 1. The molecule has 0 bridgehead atoms. The van der Waals surface area contributed by atoms with E-state index >= 15 is 0 Å². The standard InChI is InChI=1S/C23H29N3O2/c27-23(21-8-9-22(24-18-21)25-14-16-28-17-15-25)26-12-10-20(11-13-26)7-6-19-4-2-1-3-5-19/h1-5,8-9,18,20H,6-7,10-17H2. The maximum Gasteiger partial charge on any atom is 0.255 e. The molecular formula is C23H29N3O2. The van der Waals surface area contributed by atoms with Crippen LogP contribution in [0, 0.1) is 5.92 Å². The second kappa shape index (κ2) is 9.20.